The molecule has 9 heteroatoms. The predicted octanol–water partition coefficient (Wildman–Crippen LogP) is 5.43. The average molecular weight is 456 g/mol. The lowest BCUT2D eigenvalue weighted by molar-refractivity contribution is 0.0600. The van der Waals surface area contributed by atoms with Crippen LogP contribution in [0.2, 0.25) is 4.34 Å². The number of hydrogen-bond donors (Lipinski definition) is 1. The third kappa shape index (κ3) is 4.50. The number of carbonyl (C=O) groups is 2. The van der Waals surface area contributed by atoms with E-state index in [0.717, 1.165) is 17.8 Å². The van der Waals surface area contributed by atoms with Gasteiger partial charge in [-0.05, 0) is 42.5 Å². The number of carbonyl (C=O) groups excluding carboxylic acids is 2. The van der Waals surface area contributed by atoms with E-state index in [2.05, 4.69) is 15.2 Å². The minimum atomic E-state index is -0.708. The highest BCUT2D eigenvalue weighted by atomic mass is 35.5. The number of methoxy groups -OCH3 is 1. The SMILES string of the molecule is COC(=O)c1cc(F)cc(NC(=O)c2cn(-c3ccccc3)nc2-c2ccc(Cl)s2)c1. The molecule has 2 aromatic heterocycles. The van der Waals surface area contributed by atoms with E-state index in [-0.39, 0.29) is 16.8 Å². The molecular formula is C22H15ClFN3O3S. The van der Waals surface area contributed by atoms with Crippen LogP contribution in [-0.4, -0.2) is 28.8 Å². The standard InChI is InChI=1S/C22H15ClFN3O3S/c1-30-22(29)13-9-14(24)11-15(10-13)25-21(28)17-12-27(16-5-3-2-4-6-16)26-20(17)18-7-8-19(23)31-18/h2-12H,1H3,(H,25,28). The van der Waals surface area contributed by atoms with Crippen LogP contribution in [0.5, 0.6) is 0 Å². The number of aromatic nitrogens is 2. The molecule has 2 heterocycles. The highest BCUT2D eigenvalue weighted by Crippen LogP contribution is 2.33. The summed E-state index contributed by atoms with van der Waals surface area (Å²) in [5, 5.41) is 7.19. The Morgan fingerprint density at radius 3 is 2.58 bits per heavy atom. The van der Waals surface area contributed by atoms with Crippen molar-refractivity contribution in [1.82, 2.24) is 9.78 Å². The Balaban J connectivity index is 1.73. The van der Waals surface area contributed by atoms with Gasteiger partial charge in [0.25, 0.3) is 5.91 Å². The minimum absolute atomic E-state index is 0.0111. The molecule has 0 unspecified atom stereocenters. The third-order valence-electron chi connectivity index (χ3n) is 4.36. The molecule has 0 aliphatic heterocycles. The van der Waals surface area contributed by atoms with E-state index >= 15 is 0 Å². The molecular weight excluding hydrogens is 441 g/mol. The smallest absolute Gasteiger partial charge is 0.338 e. The predicted molar refractivity (Wildman–Crippen MR) is 118 cm³/mol. The molecule has 6 nitrogen and oxygen atoms in total. The first-order chi connectivity index (χ1) is 14.9. The Bertz CT molecular complexity index is 1270. The van der Waals surface area contributed by atoms with Crippen molar-refractivity contribution in [2.45, 2.75) is 0 Å². The fourth-order valence-electron chi connectivity index (χ4n) is 2.97. The number of thiophene rings is 1. The largest absolute Gasteiger partial charge is 0.465 e. The van der Waals surface area contributed by atoms with Crippen molar-refractivity contribution in [3.8, 4) is 16.3 Å². The lowest BCUT2D eigenvalue weighted by atomic mass is 10.1. The van der Waals surface area contributed by atoms with Crippen LogP contribution in [0.25, 0.3) is 16.3 Å². The Kier molecular flexibility index (Phi) is 5.83. The normalized spacial score (nSPS) is 10.7. The Morgan fingerprint density at radius 2 is 1.90 bits per heavy atom. The van der Waals surface area contributed by atoms with E-state index < -0.39 is 17.7 Å². The monoisotopic (exact) mass is 455 g/mol. The molecule has 2 aromatic carbocycles. The molecule has 1 amide bonds. The molecule has 0 fully saturated rings. The summed E-state index contributed by atoms with van der Waals surface area (Å²) in [4.78, 5) is 25.5. The van der Waals surface area contributed by atoms with Crippen LogP contribution in [-0.2, 0) is 4.74 Å². The summed E-state index contributed by atoms with van der Waals surface area (Å²) in [6.45, 7) is 0. The van der Waals surface area contributed by atoms with Crippen LogP contribution in [0.4, 0.5) is 10.1 Å². The zero-order valence-corrected chi connectivity index (χ0v) is 17.7. The van der Waals surface area contributed by atoms with Gasteiger partial charge in [0.05, 0.1) is 33.1 Å². The summed E-state index contributed by atoms with van der Waals surface area (Å²) in [5.74, 6) is -1.90. The van der Waals surface area contributed by atoms with Crippen molar-refractivity contribution < 1.29 is 18.7 Å². The number of amides is 1. The van der Waals surface area contributed by atoms with Crippen molar-refractivity contribution >= 4 is 40.5 Å². The van der Waals surface area contributed by atoms with Crippen molar-refractivity contribution in [2.75, 3.05) is 12.4 Å². The van der Waals surface area contributed by atoms with Gasteiger partial charge in [-0.2, -0.15) is 5.10 Å². The van der Waals surface area contributed by atoms with E-state index in [1.54, 1.807) is 23.0 Å². The summed E-state index contributed by atoms with van der Waals surface area (Å²) in [7, 11) is 1.20. The van der Waals surface area contributed by atoms with Crippen molar-refractivity contribution in [2.24, 2.45) is 0 Å². The molecule has 4 rings (SSSR count). The van der Waals surface area contributed by atoms with E-state index in [4.69, 9.17) is 11.6 Å². The van der Waals surface area contributed by atoms with Gasteiger partial charge >= 0.3 is 5.97 Å². The van der Waals surface area contributed by atoms with Gasteiger partial charge in [-0.25, -0.2) is 13.9 Å². The molecule has 0 spiro atoms. The molecule has 0 radical (unpaired) electrons. The molecule has 0 aliphatic carbocycles. The second-order valence-corrected chi connectivity index (χ2v) is 8.16. The first kappa shape index (κ1) is 20.8. The van der Waals surface area contributed by atoms with Gasteiger partial charge in [0.1, 0.15) is 11.5 Å². The number of anilines is 1. The third-order valence-corrected chi connectivity index (χ3v) is 5.60. The second-order valence-electron chi connectivity index (χ2n) is 6.45. The van der Waals surface area contributed by atoms with E-state index in [1.807, 2.05) is 30.3 Å². The van der Waals surface area contributed by atoms with Gasteiger partial charge in [0.15, 0.2) is 0 Å². The number of benzene rings is 2. The minimum Gasteiger partial charge on any atom is -0.465 e. The maximum absolute atomic E-state index is 14.0. The molecule has 4 aromatic rings. The number of hydrogen-bond acceptors (Lipinski definition) is 5. The number of nitrogens with zero attached hydrogens (tertiary/aromatic N) is 2. The Hall–Kier alpha value is -3.49. The maximum atomic E-state index is 14.0. The molecule has 31 heavy (non-hydrogen) atoms. The van der Waals surface area contributed by atoms with Crippen molar-refractivity contribution in [1.29, 1.82) is 0 Å². The van der Waals surface area contributed by atoms with Gasteiger partial charge in [0, 0.05) is 11.9 Å². The number of esters is 1. The summed E-state index contributed by atoms with van der Waals surface area (Å²) >= 11 is 7.36. The van der Waals surface area contributed by atoms with Gasteiger partial charge < -0.3 is 10.1 Å². The van der Waals surface area contributed by atoms with Gasteiger partial charge in [-0.3, -0.25) is 4.79 Å². The summed E-state index contributed by atoms with van der Waals surface area (Å²) in [6.07, 6.45) is 1.59. The zero-order valence-electron chi connectivity index (χ0n) is 16.1. The zero-order chi connectivity index (χ0) is 22.0. The lowest BCUT2D eigenvalue weighted by Gasteiger charge is -2.07. The topological polar surface area (TPSA) is 73.2 Å². The van der Waals surface area contributed by atoms with Gasteiger partial charge in [-0.15, -0.1) is 11.3 Å². The van der Waals surface area contributed by atoms with Crippen LogP contribution >= 0.6 is 22.9 Å². The van der Waals surface area contributed by atoms with Gasteiger partial charge in [0.2, 0.25) is 0 Å². The fraction of sp³-hybridized carbons (Fsp3) is 0.0455. The Morgan fingerprint density at radius 1 is 1.13 bits per heavy atom. The molecule has 0 saturated heterocycles. The number of ether oxygens (including phenoxy) is 1. The quantitative estimate of drug-likeness (QED) is 0.407. The van der Waals surface area contributed by atoms with E-state index in [0.29, 0.717) is 14.9 Å². The molecule has 0 aliphatic rings. The average Bonchev–Trinajstić information content (AvgIpc) is 3.40. The molecule has 0 saturated carbocycles. The summed E-state index contributed by atoms with van der Waals surface area (Å²) < 4.78 is 20.7. The van der Waals surface area contributed by atoms with Gasteiger partial charge in [-0.1, -0.05) is 29.8 Å². The Labute approximate surface area is 185 Å². The van der Waals surface area contributed by atoms with Crippen molar-refractivity contribution in [3.63, 3.8) is 0 Å². The number of nitrogens with one attached hydrogen (secondary N) is 1. The van der Waals surface area contributed by atoms with Crippen molar-refractivity contribution in [3.05, 3.63) is 88.1 Å². The van der Waals surface area contributed by atoms with E-state index in [9.17, 15) is 14.0 Å². The maximum Gasteiger partial charge on any atom is 0.338 e. The van der Waals surface area contributed by atoms with Crippen LogP contribution in [0.15, 0.2) is 66.9 Å². The molecule has 156 valence electrons. The second kappa shape index (κ2) is 8.71. The van der Waals surface area contributed by atoms with E-state index in [1.165, 1.54) is 24.5 Å². The first-order valence-electron chi connectivity index (χ1n) is 9.05. The molecule has 0 bridgehead atoms. The van der Waals surface area contributed by atoms with Crippen LogP contribution in [0.3, 0.4) is 0 Å². The lowest BCUT2D eigenvalue weighted by Crippen LogP contribution is -2.13. The highest BCUT2D eigenvalue weighted by molar-refractivity contribution is 7.19. The number of halogens is 2. The number of rotatable bonds is 5. The number of para-hydroxylation sites is 1. The summed E-state index contributed by atoms with van der Waals surface area (Å²) in [6, 6.07) is 16.3. The van der Waals surface area contributed by atoms with Crippen LogP contribution < -0.4 is 5.32 Å². The fourth-order valence-corrected chi connectivity index (χ4v) is 4.01. The van der Waals surface area contributed by atoms with Crippen LogP contribution in [0.1, 0.15) is 20.7 Å². The first-order valence-corrected chi connectivity index (χ1v) is 10.2. The highest BCUT2D eigenvalue weighted by Gasteiger charge is 2.21. The summed E-state index contributed by atoms with van der Waals surface area (Å²) in [5.41, 5.74) is 1.58. The molecule has 0 atom stereocenters. The van der Waals surface area contributed by atoms with Crippen LogP contribution in [0, 0.1) is 5.82 Å². The molecule has 1 N–H and O–H groups in total.